The van der Waals surface area contributed by atoms with Gasteiger partial charge in [0.15, 0.2) is 0 Å². The van der Waals surface area contributed by atoms with Gasteiger partial charge < -0.3 is 0 Å². The van der Waals surface area contributed by atoms with E-state index in [-0.39, 0.29) is 5.92 Å². The van der Waals surface area contributed by atoms with Crippen molar-refractivity contribution >= 4 is 5.78 Å². The van der Waals surface area contributed by atoms with E-state index in [0.717, 1.165) is 25.9 Å². The fourth-order valence-electron chi connectivity index (χ4n) is 4.02. The average Bonchev–Trinajstić information content (AvgIpc) is 2.41. The van der Waals surface area contributed by atoms with Crippen molar-refractivity contribution in [2.75, 3.05) is 13.1 Å². The molecular formula is C19H27NO. The van der Waals surface area contributed by atoms with Crippen LogP contribution in [0.4, 0.5) is 0 Å². The van der Waals surface area contributed by atoms with Crippen LogP contribution < -0.4 is 0 Å². The molecule has 0 aromatic heterocycles. The summed E-state index contributed by atoms with van der Waals surface area (Å²) in [4.78, 5) is 15.1. The van der Waals surface area contributed by atoms with Crippen molar-refractivity contribution in [2.24, 2.45) is 11.8 Å². The summed E-state index contributed by atoms with van der Waals surface area (Å²) in [6.45, 7) is 10.9. The lowest BCUT2D eigenvalue weighted by Gasteiger charge is -2.43. The molecule has 2 atom stereocenters. The topological polar surface area (TPSA) is 20.3 Å². The van der Waals surface area contributed by atoms with Crippen LogP contribution in [0.15, 0.2) is 12.1 Å². The van der Waals surface area contributed by atoms with Crippen LogP contribution in [0, 0.1) is 25.7 Å². The van der Waals surface area contributed by atoms with Crippen molar-refractivity contribution in [1.82, 2.24) is 4.90 Å². The van der Waals surface area contributed by atoms with E-state index in [4.69, 9.17) is 0 Å². The Morgan fingerprint density at radius 1 is 1.24 bits per heavy atom. The molecule has 2 heteroatoms. The van der Waals surface area contributed by atoms with Crippen LogP contribution in [-0.4, -0.2) is 23.8 Å². The first kappa shape index (κ1) is 14.8. The van der Waals surface area contributed by atoms with Crippen molar-refractivity contribution in [3.8, 4) is 0 Å². The number of aryl methyl sites for hydroxylation is 2. The van der Waals surface area contributed by atoms with Crippen molar-refractivity contribution in [3.63, 3.8) is 0 Å². The summed E-state index contributed by atoms with van der Waals surface area (Å²) in [6.07, 6.45) is 2.89. The number of piperidine rings is 1. The predicted molar refractivity (Wildman–Crippen MR) is 86.5 cm³/mol. The number of benzene rings is 1. The summed E-state index contributed by atoms with van der Waals surface area (Å²) in [5, 5.41) is 0. The first-order valence-corrected chi connectivity index (χ1v) is 8.32. The van der Waals surface area contributed by atoms with Gasteiger partial charge in [-0.15, -0.1) is 0 Å². The second-order valence-corrected chi connectivity index (χ2v) is 7.39. The number of rotatable bonds is 2. The number of hydrogen-bond acceptors (Lipinski definition) is 2. The zero-order chi connectivity index (χ0) is 15.1. The number of carbonyl (C=O) groups is 1. The summed E-state index contributed by atoms with van der Waals surface area (Å²) in [6, 6.07) is 5.01. The fraction of sp³-hybridized carbons (Fsp3) is 0.632. The predicted octanol–water partition coefficient (Wildman–Crippen LogP) is 3.84. The van der Waals surface area contributed by atoms with Gasteiger partial charge in [0.1, 0.15) is 5.78 Å². The van der Waals surface area contributed by atoms with Gasteiger partial charge in [0, 0.05) is 31.5 Å². The lowest BCUT2D eigenvalue weighted by Crippen LogP contribution is -2.46. The number of nitrogens with zero attached hydrogens (tertiary/aromatic N) is 1. The van der Waals surface area contributed by atoms with Crippen LogP contribution in [0.25, 0.3) is 0 Å². The molecular weight excluding hydrogens is 258 g/mol. The third kappa shape index (κ3) is 2.78. The molecule has 0 bridgehead atoms. The van der Waals surface area contributed by atoms with Crippen LogP contribution in [0.1, 0.15) is 55.0 Å². The molecule has 2 aliphatic rings. The normalized spacial score (nSPS) is 25.9. The maximum atomic E-state index is 12.5. The molecule has 114 valence electrons. The van der Waals surface area contributed by atoms with Crippen molar-refractivity contribution in [3.05, 3.63) is 34.4 Å². The van der Waals surface area contributed by atoms with E-state index in [2.05, 4.69) is 44.7 Å². The molecule has 3 rings (SSSR count). The molecule has 0 unspecified atom stereocenters. The Balaban J connectivity index is 1.87. The molecule has 1 fully saturated rings. The summed E-state index contributed by atoms with van der Waals surface area (Å²) in [7, 11) is 0. The molecule has 0 radical (unpaired) electrons. The number of hydrogen-bond donors (Lipinski definition) is 0. The van der Waals surface area contributed by atoms with Gasteiger partial charge in [-0.2, -0.15) is 0 Å². The van der Waals surface area contributed by atoms with E-state index in [1.807, 2.05) is 0 Å². The Bertz CT molecular complexity index is 561. The molecule has 0 N–H and O–H groups in total. The van der Waals surface area contributed by atoms with Crippen molar-refractivity contribution in [1.29, 1.82) is 0 Å². The van der Waals surface area contributed by atoms with Gasteiger partial charge in [0.2, 0.25) is 0 Å². The number of Topliss-reactive ketones (excluding diaryl/α,β-unsaturated/α-hetero) is 1. The lowest BCUT2D eigenvalue weighted by molar-refractivity contribution is -0.129. The molecule has 1 aromatic rings. The number of fused-ring (bicyclic) bond motifs is 3. The average molecular weight is 285 g/mol. The minimum absolute atomic E-state index is 0.259. The van der Waals surface area contributed by atoms with Gasteiger partial charge >= 0.3 is 0 Å². The minimum Gasteiger partial charge on any atom is -0.299 e. The third-order valence-corrected chi connectivity index (χ3v) is 5.28. The first-order chi connectivity index (χ1) is 9.95. The number of carbonyl (C=O) groups excluding carboxylic acids is 1. The van der Waals surface area contributed by atoms with Gasteiger partial charge in [-0.1, -0.05) is 26.0 Å². The lowest BCUT2D eigenvalue weighted by atomic mass is 9.79. The van der Waals surface area contributed by atoms with Crippen LogP contribution in [0.2, 0.25) is 0 Å². The quantitative estimate of drug-likeness (QED) is 0.823. The molecule has 21 heavy (non-hydrogen) atoms. The van der Waals surface area contributed by atoms with Crippen molar-refractivity contribution < 1.29 is 4.79 Å². The summed E-state index contributed by atoms with van der Waals surface area (Å²) in [5.74, 6) is 1.35. The highest BCUT2D eigenvalue weighted by Gasteiger charge is 2.37. The van der Waals surface area contributed by atoms with Gasteiger partial charge in [-0.25, -0.2) is 0 Å². The molecule has 0 spiro atoms. The molecule has 2 nitrogen and oxygen atoms in total. The SMILES string of the molecule is Cc1cc2c(cc1C)[C@@H]1CC(=O)[C@@H](CC(C)C)CN1CC2. The third-order valence-electron chi connectivity index (χ3n) is 5.28. The smallest absolute Gasteiger partial charge is 0.139 e. The number of ketones is 1. The maximum absolute atomic E-state index is 12.5. The monoisotopic (exact) mass is 285 g/mol. The summed E-state index contributed by atoms with van der Waals surface area (Å²) >= 11 is 0. The summed E-state index contributed by atoms with van der Waals surface area (Å²) < 4.78 is 0. The van der Waals surface area contributed by atoms with Crippen LogP contribution in [-0.2, 0) is 11.2 Å². The fourth-order valence-corrected chi connectivity index (χ4v) is 4.02. The van der Waals surface area contributed by atoms with E-state index < -0.39 is 0 Å². The van der Waals surface area contributed by atoms with Gasteiger partial charge in [-0.05, 0) is 54.9 Å². The van der Waals surface area contributed by atoms with E-state index >= 15 is 0 Å². The highest BCUT2D eigenvalue weighted by atomic mass is 16.1. The molecule has 2 heterocycles. The zero-order valence-electron chi connectivity index (χ0n) is 13.8. The van der Waals surface area contributed by atoms with Crippen LogP contribution in [0.3, 0.4) is 0 Å². The van der Waals surface area contributed by atoms with Crippen LogP contribution in [0.5, 0.6) is 0 Å². The van der Waals surface area contributed by atoms with Gasteiger partial charge in [0.05, 0.1) is 0 Å². The minimum atomic E-state index is 0.259. The van der Waals surface area contributed by atoms with Gasteiger partial charge in [-0.3, -0.25) is 9.69 Å². The Morgan fingerprint density at radius 2 is 1.95 bits per heavy atom. The second-order valence-electron chi connectivity index (χ2n) is 7.39. The summed E-state index contributed by atoms with van der Waals surface area (Å²) in [5.41, 5.74) is 5.62. The largest absolute Gasteiger partial charge is 0.299 e. The molecule has 0 aliphatic carbocycles. The second kappa shape index (κ2) is 5.57. The molecule has 1 aromatic carbocycles. The molecule has 0 amide bonds. The van der Waals surface area contributed by atoms with Crippen LogP contribution >= 0.6 is 0 Å². The van der Waals surface area contributed by atoms with E-state index in [1.165, 1.54) is 22.3 Å². The Hall–Kier alpha value is -1.15. The molecule has 2 aliphatic heterocycles. The Labute approximate surface area is 128 Å². The Morgan fingerprint density at radius 3 is 2.67 bits per heavy atom. The molecule has 0 saturated carbocycles. The Kier molecular flexibility index (Phi) is 3.92. The highest BCUT2D eigenvalue weighted by Crippen LogP contribution is 2.39. The van der Waals surface area contributed by atoms with E-state index in [9.17, 15) is 4.79 Å². The standard InChI is InChI=1S/C19H27NO/c1-12(2)7-16-11-20-6-5-15-8-13(3)14(4)9-17(15)18(20)10-19(16)21/h8-9,12,16,18H,5-7,10-11H2,1-4H3/t16-,18-/m0/s1. The van der Waals surface area contributed by atoms with Gasteiger partial charge in [0.25, 0.3) is 0 Å². The highest BCUT2D eigenvalue weighted by molar-refractivity contribution is 5.83. The zero-order valence-corrected chi connectivity index (χ0v) is 13.8. The van der Waals surface area contributed by atoms with E-state index in [0.29, 0.717) is 24.2 Å². The molecule has 1 saturated heterocycles. The maximum Gasteiger partial charge on any atom is 0.139 e. The van der Waals surface area contributed by atoms with E-state index in [1.54, 1.807) is 0 Å². The first-order valence-electron chi connectivity index (χ1n) is 8.32. The van der Waals surface area contributed by atoms with Crippen molar-refractivity contribution in [2.45, 2.75) is 53.0 Å².